The normalized spacial score (nSPS) is 23.4. The average molecular weight is 582 g/mol. The third-order valence-corrected chi connectivity index (χ3v) is 7.69. The maximum Gasteiger partial charge on any atom is 0.262 e. The minimum atomic E-state index is -2.04. The summed E-state index contributed by atoms with van der Waals surface area (Å²) in [6, 6.07) is 33.7. The van der Waals surface area contributed by atoms with E-state index in [4.69, 9.17) is 18.9 Å². The predicted octanol–water partition coefficient (Wildman–Crippen LogP) is 5.73. The molecule has 2 heterocycles. The Morgan fingerprint density at radius 2 is 1.05 bits per heavy atom. The Morgan fingerprint density at radius 1 is 0.605 bits per heavy atom. The van der Waals surface area contributed by atoms with Crippen molar-refractivity contribution >= 4 is 11.8 Å². The minimum absolute atomic E-state index is 0.00874. The van der Waals surface area contributed by atoms with E-state index >= 15 is 4.39 Å². The van der Waals surface area contributed by atoms with Gasteiger partial charge < -0.3 is 18.9 Å². The van der Waals surface area contributed by atoms with E-state index in [2.05, 4.69) is 0 Å². The molecule has 0 bridgehead atoms. The Kier molecular flexibility index (Phi) is 9.00. The van der Waals surface area contributed by atoms with Crippen LogP contribution in [0.15, 0.2) is 115 Å². The molecule has 8 heteroatoms. The largest absolute Gasteiger partial charge is 0.374 e. The lowest BCUT2D eigenvalue weighted by Crippen LogP contribution is -2.65. The third kappa shape index (κ3) is 6.43. The fourth-order valence-corrected chi connectivity index (χ4v) is 5.55. The molecular weight excluding hydrogens is 549 g/mol. The zero-order chi connectivity index (χ0) is 29.6. The Bertz CT molecular complexity index is 1480. The van der Waals surface area contributed by atoms with Gasteiger partial charge in [0.15, 0.2) is 0 Å². The Morgan fingerprint density at radius 3 is 1.56 bits per heavy atom. The van der Waals surface area contributed by atoms with Crippen molar-refractivity contribution in [1.29, 1.82) is 0 Å². The minimum Gasteiger partial charge on any atom is -0.374 e. The molecule has 0 N–H and O–H groups in total. The van der Waals surface area contributed by atoms with Crippen LogP contribution in [0.4, 0.5) is 4.39 Å². The predicted molar refractivity (Wildman–Crippen MR) is 157 cm³/mol. The van der Waals surface area contributed by atoms with Crippen molar-refractivity contribution < 1.29 is 32.9 Å². The quantitative estimate of drug-likeness (QED) is 0.211. The van der Waals surface area contributed by atoms with E-state index in [1.807, 2.05) is 91.0 Å². The number of carbonyl (C=O) groups is 2. The van der Waals surface area contributed by atoms with Gasteiger partial charge in [0.25, 0.3) is 11.8 Å². The van der Waals surface area contributed by atoms with Gasteiger partial charge in [0.1, 0.15) is 24.4 Å². The summed E-state index contributed by atoms with van der Waals surface area (Å²) in [4.78, 5) is 28.0. The number of hydrogen-bond donors (Lipinski definition) is 0. The van der Waals surface area contributed by atoms with Crippen molar-refractivity contribution in [2.45, 2.75) is 50.5 Å². The average Bonchev–Trinajstić information content (AvgIpc) is 3.30. The summed E-state index contributed by atoms with van der Waals surface area (Å²) in [5.41, 5.74) is 3.14. The van der Waals surface area contributed by atoms with E-state index in [0.717, 1.165) is 21.6 Å². The molecule has 7 nitrogen and oxygen atoms in total. The van der Waals surface area contributed by atoms with Crippen LogP contribution in [-0.2, 0) is 38.8 Å². The van der Waals surface area contributed by atoms with Gasteiger partial charge in [0, 0.05) is 0 Å². The fourth-order valence-electron chi connectivity index (χ4n) is 5.55. The summed E-state index contributed by atoms with van der Waals surface area (Å²) in [7, 11) is 0. The molecule has 0 radical (unpaired) electrons. The second kappa shape index (κ2) is 13.4. The second-order valence-corrected chi connectivity index (χ2v) is 10.6. The van der Waals surface area contributed by atoms with Crippen LogP contribution >= 0.6 is 0 Å². The van der Waals surface area contributed by atoms with Gasteiger partial charge in [-0.1, -0.05) is 103 Å². The van der Waals surface area contributed by atoms with Crippen molar-refractivity contribution in [2.24, 2.45) is 0 Å². The van der Waals surface area contributed by atoms with Crippen LogP contribution in [0.25, 0.3) is 0 Å². The van der Waals surface area contributed by atoms with Crippen LogP contribution in [0.2, 0.25) is 0 Å². The van der Waals surface area contributed by atoms with E-state index in [-0.39, 0.29) is 30.9 Å². The van der Waals surface area contributed by atoms with Gasteiger partial charge in [-0.2, -0.15) is 0 Å². The molecule has 43 heavy (non-hydrogen) atoms. The van der Waals surface area contributed by atoms with Gasteiger partial charge in [0.2, 0.25) is 6.36 Å². The monoisotopic (exact) mass is 581 g/mol. The number of ether oxygens (including phenoxy) is 4. The number of nitrogens with zero attached hydrogens (tertiary/aromatic N) is 1. The molecule has 2 aliphatic heterocycles. The van der Waals surface area contributed by atoms with Crippen molar-refractivity contribution in [3.8, 4) is 0 Å². The van der Waals surface area contributed by atoms with Crippen molar-refractivity contribution in [2.75, 3.05) is 6.61 Å². The zero-order valence-corrected chi connectivity index (χ0v) is 23.5. The van der Waals surface area contributed by atoms with E-state index < -0.39 is 42.5 Å². The van der Waals surface area contributed by atoms with Crippen molar-refractivity contribution in [3.63, 3.8) is 0 Å². The van der Waals surface area contributed by atoms with Crippen LogP contribution in [0.5, 0.6) is 0 Å². The Labute approximate surface area is 249 Å². The van der Waals surface area contributed by atoms with Crippen molar-refractivity contribution in [3.05, 3.63) is 143 Å². The van der Waals surface area contributed by atoms with Gasteiger partial charge in [-0.3, -0.25) is 14.5 Å². The van der Waals surface area contributed by atoms with E-state index in [1.165, 1.54) is 0 Å². The Balaban J connectivity index is 1.31. The molecule has 0 unspecified atom stereocenters. The second-order valence-electron chi connectivity index (χ2n) is 10.6. The summed E-state index contributed by atoms with van der Waals surface area (Å²) in [5.74, 6) is -1.18. The highest BCUT2D eigenvalue weighted by atomic mass is 19.1. The van der Waals surface area contributed by atoms with Crippen LogP contribution in [-0.4, -0.2) is 54.0 Å². The topological polar surface area (TPSA) is 74.3 Å². The lowest BCUT2D eigenvalue weighted by molar-refractivity contribution is -0.267. The lowest BCUT2D eigenvalue weighted by atomic mass is 9.95. The molecule has 2 aliphatic rings. The molecule has 6 rings (SSSR count). The van der Waals surface area contributed by atoms with Gasteiger partial charge in [-0.25, -0.2) is 4.39 Å². The lowest BCUT2D eigenvalue weighted by Gasteiger charge is -2.46. The standard InChI is InChI=1S/C35H32FNO6/c36-33-30(37-34(38)27-18-10-11-19-28(27)35(37)39)32(42-22-26-16-8-3-9-17-26)31(41-21-25-14-6-2-7-15-25)29(43-33)23-40-20-24-12-4-1-5-13-24/h1-19,29-33H,20-23H2/t29-,30-,31-,32-,33-/m1/s1. The maximum atomic E-state index is 16.2. The first kappa shape index (κ1) is 28.9. The molecule has 0 spiro atoms. The van der Waals surface area contributed by atoms with Crippen LogP contribution in [0.3, 0.4) is 0 Å². The molecule has 5 atom stereocenters. The number of halogens is 1. The van der Waals surface area contributed by atoms with E-state index in [0.29, 0.717) is 6.61 Å². The molecule has 220 valence electrons. The van der Waals surface area contributed by atoms with Gasteiger partial charge in [0.05, 0.1) is 37.6 Å². The molecular formula is C35H32FNO6. The molecule has 0 saturated carbocycles. The van der Waals surface area contributed by atoms with Gasteiger partial charge in [-0.15, -0.1) is 0 Å². The number of imide groups is 1. The van der Waals surface area contributed by atoms with E-state index in [1.54, 1.807) is 24.3 Å². The highest BCUT2D eigenvalue weighted by Gasteiger charge is 2.55. The molecule has 1 saturated heterocycles. The first-order chi connectivity index (χ1) is 21.1. The highest BCUT2D eigenvalue weighted by molar-refractivity contribution is 6.21. The molecule has 2 amide bonds. The fraction of sp³-hybridized carbons (Fsp3) is 0.257. The number of amides is 2. The smallest absolute Gasteiger partial charge is 0.262 e. The summed E-state index contributed by atoms with van der Waals surface area (Å²) in [6.07, 6.45) is -4.85. The highest BCUT2D eigenvalue weighted by Crippen LogP contribution is 2.36. The number of benzene rings is 4. The maximum absolute atomic E-state index is 16.2. The van der Waals surface area contributed by atoms with Crippen LogP contribution in [0.1, 0.15) is 37.4 Å². The summed E-state index contributed by atoms with van der Waals surface area (Å²) < 4.78 is 40.9. The van der Waals surface area contributed by atoms with E-state index in [9.17, 15) is 9.59 Å². The first-order valence-electron chi connectivity index (χ1n) is 14.3. The van der Waals surface area contributed by atoms with Gasteiger partial charge >= 0.3 is 0 Å². The third-order valence-electron chi connectivity index (χ3n) is 7.69. The van der Waals surface area contributed by atoms with Gasteiger partial charge in [-0.05, 0) is 28.8 Å². The first-order valence-corrected chi connectivity index (χ1v) is 14.3. The molecule has 1 fully saturated rings. The number of fused-ring (bicyclic) bond motifs is 1. The number of alkyl halides is 1. The number of hydrogen-bond acceptors (Lipinski definition) is 6. The molecule has 4 aromatic rings. The summed E-state index contributed by atoms with van der Waals surface area (Å²) in [5, 5.41) is 0. The summed E-state index contributed by atoms with van der Waals surface area (Å²) in [6.45, 7) is 0.594. The number of rotatable bonds is 11. The summed E-state index contributed by atoms with van der Waals surface area (Å²) >= 11 is 0. The zero-order valence-electron chi connectivity index (χ0n) is 23.5. The molecule has 4 aromatic carbocycles. The number of carbonyl (C=O) groups excluding carboxylic acids is 2. The molecule has 0 aromatic heterocycles. The molecule has 0 aliphatic carbocycles. The van der Waals surface area contributed by atoms with Crippen LogP contribution in [0, 0.1) is 0 Å². The Hall–Kier alpha value is -4.21. The van der Waals surface area contributed by atoms with Crippen LogP contribution < -0.4 is 0 Å². The van der Waals surface area contributed by atoms with Crippen molar-refractivity contribution in [1.82, 2.24) is 4.90 Å². The SMILES string of the molecule is O=C1c2ccccc2C(=O)N1[C@@H]1[C@@H](OCc2ccccc2)[C@H](OCc2ccccc2)[C@@H](COCc2ccccc2)O[C@H]1F.